The summed E-state index contributed by atoms with van der Waals surface area (Å²) in [6.07, 6.45) is 1.10. The molecule has 0 aliphatic heterocycles. The number of hydrogen-bond donors (Lipinski definition) is 1. The minimum Gasteiger partial charge on any atom is -0.489 e. The third-order valence-corrected chi connectivity index (χ3v) is 4.64. The van der Waals surface area contributed by atoms with Gasteiger partial charge in [0.05, 0.1) is 0 Å². The molecule has 0 saturated heterocycles. The average molecular weight is 394 g/mol. The molecule has 0 aromatic heterocycles. The van der Waals surface area contributed by atoms with Gasteiger partial charge >= 0.3 is 0 Å². The molecule has 0 aliphatic carbocycles. The lowest BCUT2D eigenvalue weighted by Gasteiger charge is -2.33. The number of hydrogen-bond acceptors (Lipinski definition) is 2. The summed E-state index contributed by atoms with van der Waals surface area (Å²) in [5.74, 6) is 0.837. The molecule has 0 unspecified atom stereocenters. The van der Waals surface area contributed by atoms with Gasteiger partial charge in [-0.1, -0.05) is 62.2 Å². The van der Waals surface area contributed by atoms with Crippen molar-refractivity contribution in [3.63, 3.8) is 0 Å². The number of nitrogens with one attached hydrogen (secondary N) is 1. The molecule has 0 heterocycles. The molecule has 0 spiro atoms. The molecule has 0 fully saturated rings. The number of rotatable bonds is 7. The molecule has 0 radical (unpaired) electrons. The van der Waals surface area contributed by atoms with Gasteiger partial charge < -0.3 is 10.1 Å². The highest BCUT2D eigenvalue weighted by Crippen LogP contribution is 2.27. The van der Waals surface area contributed by atoms with E-state index in [0.29, 0.717) is 22.1 Å². The van der Waals surface area contributed by atoms with Gasteiger partial charge in [-0.2, -0.15) is 0 Å². The smallest absolute Gasteiger partial charge is 0.120 e. The van der Waals surface area contributed by atoms with Crippen molar-refractivity contribution in [2.75, 3.05) is 0 Å². The van der Waals surface area contributed by atoms with Crippen LogP contribution < -0.4 is 10.1 Å². The van der Waals surface area contributed by atoms with E-state index in [-0.39, 0.29) is 5.54 Å². The molecule has 0 aliphatic rings. The van der Waals surface area contributed by atoms with Gasteiger partial charge in [0.1, 0.15) is 12.4 Å². The zero-order chi connectivity index (χ0) is 19.4. The molecular weight excluding hydrogens is 365 g/mol. The molecular formula is C22H29Cl2NO. The summed E-state index contributed by atoms with van der Waals surface area (Å²) in [4.78, 5) is 0. The molecule has 2 nitrogen and oxygen atoms in total. The van der Waals surface area contributed by atoms with Crippen molar-refractivity contribution >= 4 is 23.2 Å². The van der Waals surface area contributed by atoms with Crippen molar-refractivity contribution in [2.45, 2.75) is 59.7 Å². The van der Waals surface area contributed by atoms with Crippen LogP contribution in [-0.4, -0.2) is 5.54 Å². The van der Waals surface area contributed by atoms with Crippen LogP contribution >= 0.6 is 23.2 Å². The van der Waals surface area contributed by atoms with Crippen molar-refractivity contribution in [1.29, 1.82) is 0 Å². The summed E-state index contributed by atoms with van der Waals surface area (Å²) >= 11 is 12.1. The van der Waals surface area contributed by atoms with Gasteiger partial charge in [0, 0.05) is 27.7 Å². The van der Waals surface area contributed by atoms with Gasteiger partial charge in [-0.25, -0.2) is 0 Å². The fourth-order valence-electron chi connectivity index (χ4n) is 3.27. The van der Waals surface area contributed by atoms with E-state index in [4.69, 9.17) is 27.9 Å². The average Bonchev–Trinajstić information content (AvgIpc) is 2.50. The van der Waals surface area contributed by atoms with Gasteiger partial charge in [-0.15, -0.1) is 0 Å². The molecule has 26 heavy (non-hydrogen) atoms. The van der Waals surface area contributed by atoms with Crippen LogP contribution in [0.15, 0.2) is 42.5 Å². The van der Waals surface area contributed by atoms with Crippen LogP contribution in [-0.2, 0) is 13.2 Å². The van der Waals surface area contributed by atoms with Crippen LogP contribution in [0.2, 0.25) is 10.0 Å². The second-order valence-corrected chi connectivity index (χ2v) is 9.49. The quantitative estimate of drug-likeness (QED) is 0.553. The van der Waals surface area contributed by atoms with Gasteiger partial charge in [-0.05, 0) is 55.5 Å². The first-order valence-corrected chi connectivity index (χ1v) is 9.70. The van der Waals surface area contributed by atoms with Crippen molar-refractivity contribution in [3.8, 4) is 5.75 Å². The van der Waals surface area contributed by atoms with Crippen LogP contribution in [0, 0.1) is 5.41 Å². The summed E-state index contributed by atoms with van der Waals surface area (Å²) in [7, 11) is 0. The van der Waals surface area contributed by atoms with Gasteiger partial charge in [0.25, 0.3) is 0 Å². The third kappa shape index (κ3) is 7.19. The molecule has 0 amide bonds. The largest absolute Gasteiger partial charge is 0.489 e. The Balaban J connectivity index is 1.95. The summed E-state index contributed by atoms with van der Waals surface area (Å²) in [6.45, 7) is 12.5. The van der Waals surface area contributed by atoms with Gasteiger partial charge in [0.15, 0.2) is 0 Å². The van der Waals surface area contributed by atoms with Crippen molar-refractivity contribution < 1.29 is 4.74 Å². The van der Waals surface area contributed by atoms with E-state index in [0.717, 1.165) is 24.3 Å². The summed E-state index contributed by atoms with van der Waals surface area (Å²) in [6, 6.07) is 13.6. The minimum atomic E-state index is 0.0753. The maximum Gasteiger partial charge on any atom is 0.120 e. The lowest BCUT2D eigenvalue weighted by Crippen LogP contribution is -2.41. The Kier molecular flexibility index (Phi) is 7.01. The monoisotopic (exact) mass is 393 g/mol. The third-order valence-electron chi connectivity index (χ3n) is 4.05. The highest BCUT2D eigenvalue weighted by molar-refractivity contribution is 6.35. The Hall–Kier alpha value is -1.22. The van der Waals surface area contributed by atoms with Crippen molar-refractivity contribution in [1.82, 2.24) is 5.32 Å². The fourth-order valence-corrected chi connectivity index (χ4v) is 3.74. The van der Waals surface area contributed by atoms with E-state index in [2.05, 4.69) is 52.1 Å². The summed E-state index contributed by atoms with van der Waals surface area (Å²) in [5.41, 5.74) is 2.49. The number of halogens is 2. The molecule has 142 valence electrons. The maximum atomic E-state index is 6.21. The van der Waals surface area contributed by atoms with Crippen LogP contribution in [0.5, 0.6) is 5.75 Å². The number of ether oxygens (including phenoxy) is 1. The fraction of sp³-hybridized carbons (Fsp3) is 0.455. The second-order valence-electron chi connectivity index (χ2n) is 8.65. The van der Waals surface area contributed by atoms with Gasteiger partial charge in [0.2, 0.25) is 0 Å². The molecule has 2 rings (SSSR count). The standard InChI is InChI=1S/C22H29Cl2NO/c1-21(2,3)15-22(4,5)25-13-16-7-6-8-19(11-16)26-14-17-9-10-18(23)12-20(17)24/h6-12,25H,13-15H2,1-5H3. The molecule has 1 N–H and O–H groups in total. The molecule has 0 atom stereocenters. The van der Waals surface area contributed by atoms with E-state index >= 15 is 0 Å². The first-order chi connectivity index (χ1) is 12.0. The number of benzene rings is 2. The predicted molar refractivity (Wildman–Crippen MR) is 112 cm³/mol. The molecule has 0 bridgehead atoms. The van der Waals surface area contributed by atoms with E-state index in [1.165, 1.54) is 5.56 Å². The molecule has 4 heteroatoms. The van der Waals surface area contributed by atoms with E-state index < -0.39 is 0 Å². The Labute approximate surface area is 167 Å². The zero-order valence-corrected chi connectivity index (χ0v) is 17.8. The van der Waals surface area contributed by atoms with E-state index in [1.54, 1.807) is 6.07 Å². The van der Waals surface area contributed by atoms with Crippen LogP contribution in [0.25, 0.3) is 0 Å². The van der Waals surface area contributed by atoms with Gasteiger partial charge in [-0.3, -0.25) is 0 Å². The lowest BCUT2D eigenvalue weighted by molar-refractivity contribution is 0.240. The molecule has 2 aromatic carbocycles. The van der Waals surface area contributed by atoms with Crippen LogP contribution in [0.4, 0.5) is 0 Å². The molecule has 0 saturated carbocycles. The van der Waals surface area contributed by atoms with Crippen molar-refractivity contribution in [2.24, 2.45) is 5.41 Å². The lowest BCUT2D eigenvalue weighted by atomic mass is 9.82. The Bertz CT molecular complexity index is 735. The normalized spacial score (nSPS) is 12.3. The first kappa shape index (κ1) is 21.1. The SMILES string of the molecule is CC(C)(C)CC(C)(C)NCc1cccc(OCc2ccc(Cl)cc2Cl)c1. The van der Waals surface area contributed by atoms with Crippen molar-refractivity contribution in [3.05, 3.63) is 63.6 Å². The topological polar surface area (TPSA) is 21.3 Å². The zero-order valence-electron chi connectivity index (χ0n) is 16.3. The second kappa shape index (κ2) is 8.65. The first-order valence-electron chi connectivity index (χ1n) is 8.95. The van der Waals surface area contributed by atoms with E-state index in [9.17, 15) is 0 Å². The minimum absolute atomic E-state index is 0.0753. The Morgan fingerprint density at radius 3 is 2.35 bits per heavy atom. The highest BCUT2D eigenvalue weighted by atomic mass is 35.5. The highest BCUT2D eigenvalue weighted by Gasteiger charge is 2.24. The van der Waals surface area contributed by atoms with Crippen LogP contribution in [0.3, 0.4) is 0 Å². The Morgan fingerprint density at radius 2 is 1.69 bits per heavy atom. The van der Waals surface area contributed by atoms with E-state index in [1.807, 2.05) is 24.3 Å². The summed E-state index contributed by atoms with van der Waals surface area (Å²) < 4.78 is 5.91. The summed E-state index contributed by atoms with van der Waals surface area (Å²) in [5, 5.41) is 4.91. The predicted octanol–water partition coefficient (Wildman–Crippen LogP) is 6.88. The maximum absolute atomic E-state index is 6.21. The van der Waals surface area contributed by atoms with Crippen LogP contribution in [0.1, 0.15) is 52.2 Å². The molecule has 2 aromatic rings. The Morgan fingerprint density at radius 1 is 0.962 bits per heavy atom.